The van der Waals surface area contributed by atoms with Crippen molar-refractivity contribution in [2.24, 2.45) is 5.10 Å². The van der Waals surface area contributed by atoms with Gasteiger partial charge >= 0.3 is 0 Å². The van der Waals surface area contributed by atoms with E-state index >= 15 is 0 Å². The summed E-state index contributed by atoms with van der Waals surface area (Å²) in [6, 6.07) is 28.6. The molecule has 0 aliphatic heterocycles. The van der Waals surface area contributed by atoms with Gasteiger partial charge in [-0.25, -0.2) is 0 Å². The minimum Gasteiger partial charge on any atom is -0.278 e. The van der Waals surface area contributed by atoms with Crippen LogP contribution in [0.25, 0.3) is 10.9 Å². The zero-order chi connectivity index (χ0) is 17.8. The summed E-state index contributed by atoms with van der Waals surface area (Å²) in [5, 5.41) is 5.87. The molecule has 4 rings (SSSR count). The minimum absolute atomic E-state index is 0.909. The number of hydrogen-bond acceptors (Lipinski definition) is 3. The lowest BCUT2D eigenvalue weighted by Crippen LogP contribution is -2.07. The van der Waals surface area contributed by atoms with E-state index in [-0.39, 0.29) is 0 Å². The summed E-state index contributed by atoms with van der Waals surface area (Å²) < 4.78 is 0. The Labute approximate surface area is 153 Å². The maximum absolute atomic E-state index is 4.74. The first-order chi connectivity index (χ1) is 12.8. The number of benzene rings is 3. The molecule has 26 heavy (non-hydrogen) atoms. The molecule has 3 nitrogen and oxygen atoms in total. The number of rotatable bonds is 4. The Balaban J connectivity index is 1.75. The molecule has 0 radical (unpaired) electrons. The van der Waals surface area contributed by atoms with E-state index < -0.39 is 0 Å². The van der Waals surface area contributed by atoms with Gasteiger partial charge in [0.15, 0.2) is 0 Å². The van der Waals surface area contributed by atoms with Crippen LogP contribution in [0.1, 0.15) is 16.7 Å². The monoisotopic (exact) mass is 337 g/mol. The van der Waals surface area contributed by atoms with Crippen molar-refractivity contribution in [2.45, 2.75) is 6.92 Å². The van der Waals surface area contributed by atoms with Crippen molar-refractivity contribution in [1.29, 1.82) is 0 Å². The van der Waals surface area contributed by atoms with Crippen molar-refractivity contribution < 1.29 is 0 Å². The molecule has 0 saturated carbocycles. The Morgan fingerprint density at radius 3 is 2.12 bits per heavy atom. The third kappa shape index (κ3) is 3.33. The van der Waals surface area contributed by atoms with Gasteiger partial charge in [-0.05, 0) is 30.7 Å². The minimum atomic E-state index is 0.909. The number of fused-ring (bicyclic) bond motifs is 1. The van der Waals surface area contributed by atoms with Gasteiger partial charge < -0.3 is 0 Å². The van der Waals surface area contributed by atoms with Crippen molar-refractivity contribution in [3.63, 3.8) is 0 Å². The van der Waals surface area contributed by atoms with E-state index in [9.17, 15) is 0 Å². The molecule has 4 aromatic rings. The number of hydrazone groups is 1. The highest BCUT2D eigenvalue weighted by atomic mass is 15.3. The highest BCUT2D eigenvalue weighted by molar-refractivity contribution is 6.13. The van der Waals surface area contributed by atoms with Gasteiger partial charge in [-0.3, -0.25) is 10.4 Å². The Kier molecular flexibility index (Phi) is 4.44. The fraction of sp³-hybridized carbons (Fsp3) is 0.0435. The van der Waals surface area contributed by atoms with Crippen LogP contribution in [0.5, 0.6) is 0 Å². The highest BCUT2D eigenvalue weighted by Crippen LogP contribution is 2.22. The predicted molar refractivity (Wildman–Crippen MR) is 109 cm³/mol. The van der Waals surface area contributed by atoms with Crippen LogP contribution in [0.2, 0.25) is 0 Å². The maximum atomic E-state index is 4.74. The molecular formula is C23H19N3. The molecule has 0 bridgehead atoms. The zero-order valence-corrected chi connectivity index (χ0v) is 14.6. The van der Waals surface area contributed by atoms with Gasteiger partial charge in [-0.15, -0.1) is 0 Å². The summed E-state index contributed by atoms with van der Waals surface area (Å²) in [6.07, 6.45) is 1.81. The average Bonchev–Trinajstić information content (AvgIpc) is 2.70. The zero-order valence-electron chi connectivity index (χ0n) is 14.6. The summed E-state index contributed by atoms with van der Waals surface area (Å²) in [5.74, 6) is 0. The Bertz CT molecular complexity index is 1010. The number of aromatic nitrogens is 1. The standard InChI is InChI=1S/C23H19N3/c1-17-15-20-13-8-14-24-22(20)16-21(17)25-26-23(18-9-4-2-5-10-18)19-11-6-3-7-12-19/h2-16,25H,1H3. The summed E-state index contributed by atoms with van der Waals surface area (Å²) in [7, 11) is 0. The molecule has 0 aliphatic carbocycles. The van der Waals surface area contributed by atoms with Crippen LogP contribution >= 0.6 is 0 Å². The second-order valence-electron chi connectivity index (χ2n) is 6.17. The summed E-state index contributed by atoms with van der Waals surface area (Å²) in [6.45, 7) is 2.08. The van der Waals surface area contributed by atoms with Crippen LogP contribution in [0.3, 0.4) is 0 Å². The topological polar surface area (TPSA) is 37.3 Å². The molecule has 126 valence electrons. The van der Waals surface area contributed by atoms with Gasteiger partial charge in [0.1, 0.15) is 0 Å². The van der Waals surface area contributed by atoms with Crippen LogP contribution in [-0.4, -0.2) is 10.7 Å². The highest BCUT2D eigenvalue weighted by Gasteiger charge is 2.07. The molecule has 0 atom stereocenters. The first kappa shape index (κ1) is 16.0. The molecule has 0 fully saturated rings. The molecule has 1 N–H and O–H groups in total. The summed E-state index contributed by atoms with van der Waals surface area (Å²) >= 11 is 0. The van der Waals surface area contributed by atoms with Crippen molar-refractivity contribution in [3.05, 3.63) is 108 Å². The quantitative estimate of drug-likeness (QED) is 0.399. The maximum Gasteiger partial charge on any atom is 0.0977 e. The van der Waals surface area contributed by atoms with E-state index in [1.165, 1.54) is 0 Å². The molecule has 0 unspecified atom stereocenters. The summed E-state index contributed by atoms with van der Waals surface area (Å²) in [5.41, 5.74) is 9.35. The van der Waals surface area contributed by atoms with Crippen LogP contribution in [-0.2, 0) is 0 Å². The molecule has 0 amide bonds. The molecule has 1 aromatic heterocycles. The van der Waals surface area contributed by atoms with Crippen molar-refractivity contribution in [2.75, 3.05) is 5.43 Å². The first-order valence-electron chi connectivity index (χ1n) is 8.61. The largest absolute Gasteiger partial charge is 0.278 e. The van der Waals surface area contributed by atoms with E-state index in [1.54, 1.807) is 0 Å². The van der Waals surface area contributed by atoms with Gasteiger partial charge in [0.2, 0.25) is 0 Å². The predicted octanol–water partition coefficient (Wildman–Crippen LogP) is 5.41. The number of aryl methyl sites for hydroxylation is 1. The number of nitrogens with one attached hydrogen (secondary N) is 1. The van der Waals surface area contributed by atoms with E-state index in [4.69, 9.17) is 5.10 Å². The number of anilines is 1. The summed E-state index contributed by atoms with van der Waals surface area (Å²) in [4.78, 5) is 4.44. The first-order valence-corrected chi connectivity index (χ1v) is 8.61. The van der Waals surface area contributed by atoms with Gasteiger partial charge in [-0.2, -0.15) is 5.10 Å². The SMILES string of the molecule is Cc1cc2cccnc2cc1NN=C(c1ccccc1)c1ccccc1. The van der Waals surface area contributed by atoms with Crippen LogP contribution < -0.4 is 5.43 Å². The molecule has 1 heterocycles. The van der Waals surface area contributed by atoms with Gasteiger partial charge in [-0.1, -0.05) is 66.7 Å². The molecular weight excluding hydrogens is 318 g/mol. The lowest BCUT2D eigenvalue weighted by molar-refractivity contribution is 1.29. The third-order valence-corrected chi connectivity index (χ3v) is 4.33. The van der Waals surface area contributed by atoms with Crippen LogP contribution in [0, 0.1) is 6.92 Å². The second-order valence-corrected chi connectivity index (χ2v) is 6.17. The lowest BCUT2D eigenvalue weighted by atomic mass is 10.0. The molecule has 3 aromatic carbocycles. The van der Waals surface area contributed by atoms with Crippen molar-refractivity contribution in [3.8, 4) is 0 Å². The smallest absolute Gasteiger partial charge is 0.0977 e. The lowest BCUT2D eigenvalue weighted by Gasteiger charge is -2.11. The van der Waals surface area contributed by atoms with E-state index in [2.05, 4.69) is 53.7 Å². The third-order valence-electron chi connectivity index (χ3n) is 4.33. The molecule has 0 saturated heterocycles. The number of nitrogens with zero attached hydrogens (tertiary/aromatic N) is 2. The van der Waals surface area contributed by atoms with E-state index in [0.717, 1.165) is 39.0 Å². The van der Waals surface area contributed by atoms with Crippen LogP contribution in [0.4, 0.5) is 5.69 Å². The van der Waals surface area contributed by atoms with Crippen molar-refractivity contribution in [1.82, 2.24) is 4.98 Å². The van der Waals surface area contributed by atoms with Gasteiger partial charge in [0.25, 0.3) is 0 Å². The molecule has 0 spiro atoms. The van der Waals surface area contributed by atoms with Crippen molar-refractivity contribution >= 4 is 22.3 Å². The van der Waals surface area contributed by atoms with E-state index in [1.807, 2.05) is 54.7 Å². The average molecular weight is 337 g/mol. The molecule has 3 heteroatoms. The van der Waals surface area contributed by atoms with Crippen LogP contribution in [0.15, 0.2) is 96.2 Å². The fourth-order valence-corrected chi connectivity index (χ4v) is 2.96. The number of pyridine rings is 1. The normalized spacial score (nSPS) is 10.5. The fourth-order valence-electron chi connectivity index (χ4n) is 2.96. The Morgan fingerprint density at radius 1 is 0.808 bits per heavy atom. The van der Waals surface area contributed by atoms with Gasteiger partial charge in [0, 0.05) is 22.7 Å². The van der Waals surface area contributed by atoms with Gasteiger partial charge in [0.05, 0.1) is 16.9 Å². The van der Waals surface area contributed by atoms with E-state index in [0.29, 0.717) is 0 Å². The Hall–Kier alpha value is -3.46. The Morgan fingerprint density at radius 2 is 1.46 bits per heavy atom. The number of hydrogen-bond donors (Lipinski definition) is 1. The second kappa shape index (κ2) is 7.19. The molecule has 0 aliphatic rings.